The zero-order valence-corrected chi connectivity index (χ0v) is 13.8. The number of hydrogen-bond acceptors (Lipinski definition) is 6. The van der Waals surface area contributed by atoms with E-state index in [1.807, 2.05) is 12.1 Å². The first-order chi connectivity index (χ1) is 10.9. The van der Waals surface area contributed by atoms with Gasteiger partial charge in [-0.05, 0) is 44.0 Å². The lowest BCUT2D eigenvalue weighted by atomic mass is 10.2. The van der Waals surface area contributed by atoms with E-state index in [0.29, 0.717) is 18.2 Å². The third kappa shape index (κ3) is 4.21. The molecule has 0 aliphatic rings. The normalized spacial score (nSPS) is 11.0. The first kappa shape index (κ1) is 16.8. The van der Waals surface area contributed by atoms with Crippen LogP contribution in [0.25, 0.3) is 5.69 Å². The molecule has 1 aromatic heterocycles. The molecule has 2 rings (SSSR count). The zero-order chi connectivity index (χ0) is 17.0. The Bertz CT molecular complexity index is 662. The van der Waals surface area contributed by atoms with E-state index in [1.54, 1.807) is 26.0 Å². The van der Waals surface area contributed by atoms with Gasteiger partial charge in [-0.1, -0.05) is 19.1 Å². The second kappa shape index (κ2) is 7.13. The van der Waals surface area contributed by atoms with Gasteiger partial charge in [0.25, 0.3) is 0 Å². The van der Waals surface area contributed by atoms with Crippen molar-refractivity contribution in [3.63, 3.8) is 0 Å². The van der Waals surface area contributed by atoms with Crippen molar-refractivity contribution in [3.8, 4) is 11.4 Å². The number of anilines is 1. The summed E-state index contributed by atoms with van der Waals surface area (Å²) in [5.41, 5.74) is 6.66. The molecule has 7 heteroatoms. The molecule has 0 unspecified atom stereocenters. The average molecular weight is 318 g/mol. The molecule has 0 bridgehead atoms. The third-order valence-electron chi connectivity index (χ3n) is 2.91. The van der Waals surface area contributed by atoms with E-state index < -0.39 is 5.97 Å². The number of aromatic nitrogens is 3. The van der Waals surface area contributed by atoms with Crippen molar-refractivity contribution in [1.82, 2.24) is 15.0 Å². The van der Waals surface area contributed by atoms with Crippen molar-refractivity contribution in [3.05, 3.63) is 30.0 Å². The lowest BCUT2D eigenvalue weighted by molar-refractivity contribution is 0.0372. The van der Waals surface area contributed by atoms with E-state index in [9.17, 15) is 4.79 Å². The fourth-order valence-electron chi connectivity index (χ4n) is 1.84. The SMILES string of the molecule is CC(C)COc1ccc(-n2nnc(C(=O)OC(C)C)c2N)cc1. The number of ether oxygens (including phenoxy) is 2. The van der Waals surface area contributed by atoms with Gasteiger partial charge >= 0.3 is 5.97 Å². The lowest BCUT2D eigenvalue weighted by Crippen LogP contribution is -2.14. The second-order valence-electron chi connectivity index (χ2n) is 5.89. The molecule has 0 aliphatic heterocycles. The van der Waals surface area contributed by atoms with Gasteiger partial charge in [0.05, 0.1) is 18.4 Å². The molecule has 1 aromatic carbocycles. The molecule has 0 saturated heterocycles. The Kier molecular flexibility index (Phi) is 5.20. The Morgan fingerprint density at radius 3 is 2.43 bits per heavy atom. The number of carbonyl (C=O) groups is 1. The fourth-order valence-corrected chi connectivity index (χ4v) is 1.84. The average Bonchev–Trinajstić information content (AvgIpc) is 2.87. The number of nitrogen functional groups attached to an aromatic ring is 1. The molecule has 0 spiro atoms. The minimum Gasteiger partial charge on any atom is -0.493 e. The Morgan fingerprint density at radius 1 is 1.22 bits per heavy atom. The first-order valence-electron chi connectivity index (χ1n) is 7.54. The van der Waals surface area contributed by atoms with Gasteiger partial charge < -0.3 is 15.2 Å². The predicted molar refractivity (Wildman–Crippen MR) is 86.7 cm³/mol. The van der Waals surface area contributed by atoms with E-state index in [0.717, 1.165) is 5.75 Å². The van der Waals surface area contributed by atoms with Crippen LogP contribution in [-0.2, 0) is 4.74 Å². The van der Waals surface area contributed by atoms with E-state index >= 15 is 0 Å². The summed E-state index contributed by atoms with van der Waals surface area (Å²) in [5, 5.41) is 7.73. The summed E-state index contributed by atoms with van der Waals surface area (Å²) < 4.78 is 12.1. The predicted octanol–water partition coefficient (Wildman–Crippen LogP) is 2.45. The van der Waals surface area contributed by atoms with Gasteiger partial charge in [-0.25, -0.2) is 4.79 Å². The van der Waals surface area contributed by atoms with Gasteiger partial charge in [-0.3, -0.25) is 0 Å². The largest absolute Gasteiger partial charge is 0.493 e. The van der Waals surface area contributed by atoms with E-state index in [4.69, 9.17) is 15.2 Å². The van der Waals surface area contributed by atoms with Gasteiger partial charge in [-0.15, -0.1) is 5.10 Å². The number of carbonyl (C=O) groups excluding carboxylic acids is 1. The lowest BCUT2D eigenvalue weighted by Gasteiger charge is -2.09. The van der Waals surface area contributed by atoms with Crippen molar-refractivity contribution >= 4 is 11.8 Å². The van der Waals surface area contributed by atoms with Crippen molar-refractivity contribution < 1.29 is 14.3 Å². The van der Waals surface area contributed by atoms with E-state index in [-0.39, 0.29) is 17.6 Å². The van der Waals surface area contributed by atoms with Crippen LogP contribution in [-0.4, -0.2) is 33.7 Å². The van der Waals surface area contributed by atoms with Crippen LogP contribution in [0.2, 0.25) is 0 Å². The van der Waals surface area contributed by atoms with Crippen LogP contribution >= 0.6 is 0 Å². The summed E-state index contributed by atoms with van der Waals surface area (Å²) in [6.07, 6.45) is -0.246. The molecule has 0 saturated carbocycles. The molecule has 0 aliphatic carbocycles. The highest BCUT2D eigenvalue weighted by Crippen LogP contribution is 2.19. The quantitative estimate of drug-likeness (QED) is 0.822. The maximum Gasteiger partial charge on any atom is 0.363 e. The topological polar surface area (TPSA) is 92.3 Å². The van der Waals surface area contributed by atoms with Gasteiger partial charge in [0, 0.05) is 0 Å². The highest BCUT2D eigenvalue weighted by atomic mass is 16.5. The van der Waals surface area contributed by atoms with Crippen LogP contribution in [0, 0.1) is 5.92 Å². The van der Waals surface area contributed by atoms with Gasteiger partial charge in [0.2, 0.25) is 5.69 Å². The highest BCUT2D eigenvalue weighted by molar-refractivity contribution is 5.92. The molecule has 7 nitrogen and oxygen atoms in total. The number of esters is 1. The molecule has 2 N–H and O–H groups in total. The number of benzene rings is 1. The van der Waals surface area contributed by atoms with Crippen molar-refractivity contribution in [1.29, 1.82) is 0 Å². The summed E-state index contributed by atoms with van der Waals surface area (Å²) in [7, 11) is 0. The summed E-state index contributed by atoms with van der Waals surface area (Å²) >= 11 is 0. The van der Waals surface area contributed by atoms with Crippen molar-refractivity contribution in [2.24, 2.45) is 5.92 Å². The number of nitrogens with two attached hydrogens (primary N) is 1. The standard InChI is InChI=1S/C16H22N4O3/c1-10(2)9-22-13-7-5-12(6-8-13)20-15(17)14(18-19-20)16(21)23-11(3)4/h5-8,10-11H,9,17H2,1-4H3. The van der Waals surface area contributed by atoms with Gasteiger partial charge in [0.15, 0.2) is 5.82 Å². The Hall–Kier alpha value is -2.57. The molecule has 1 heterocycles. The molecule has 0 fully saturated rings. The number of nitrogens with zero attached hydrogens (tertiary/aromatic N) is 3. The Balaban J connectivity index is 2.16. The summed E-state index contributed by atoms with van der Waals surface area (Å²) in [4.78, 5) is 11.9. The molecular weight excluding hydrogens is 296 g/mol. The molecule has 0 amide bonds. The van der Waals surface area contributed by atoms with Crippen LogP contribution in [0.1, 0.15) is 38.2 Å². The minimum atomic E-state index is -0.583. The van der Waals surface area contributed by atoms with Gasteiger partial charge in [0.1, 0.15) is 5.75 Å². The summed E-state index contributed by atoms with van der Waals surface area (Å²) in [5.74, 6) is 0.780. The van der Waals surface area contributed by atoms with Gasteiger partial charge in [-0.2, -0.15) is 4.68 Å². The van der Waals surface area contributed by atoms with Crippen LogP contribution < -0.4 is 10.5 Å². The Morgan fingerprint density at radius 2 is 1.87 bits per heavy atom. The molecule has 23 heavy (non-hydrogen) atoms. The van der Waals surface area contributed by atoms with E-state index in [1.165, 1.54) is 4.68 Å². The minimum absolute atomic E-state index is 0.0128. The smallest absolute Gasteiger partial charge is 0.363 e. The molecule has 0 atom stereocenters. The number of hydrogen-bond donors (Lipinski definition) is 1. The number of rotatable bonds is 6. The maximum absolute atomic E-state index is 11.9. The summed E-state index contributed by atoms with van der Waals surface area (Å²) in [6.45, 7) is 8.34. The fraction of sp³-hybridized carbons (Fsp3) is 0.438. The van der Waals surface area contributed by atoms with E-state index in [2.05, 4.69) is 24.2 Å². The second-order valence-corrected chi connectivity index (χ2v) is 5.89. The molecular formula is C16H22N4O3. The monoisotopic (exact) mass is 318 g/mol. The van der Waals surface area contributed by atoms with Crippen molar-refractivity contribution in [2.75, 3.05) is 12.3 Å². The van der Waals surface area contributed by atoms with Crippen LogP contribution in [0.4, 0.5) is 5.82 Å². The molecule has 124 valence electrons. The molecule has 2 aromatic rings. The first-order valence-corrected chi connectivity index (χ1v) is 7.54. The zero-order valence-electron chi connectivity index (χ0n) is 13.8. The van der Waals surface area contributed by atoms with Crippen LogP contribution in [0.15, 0.2) is 24.3 Å². The highest BCUT2D eigenvalue weighted by Gasteiger charge is 2.20. The van der Waals surface area contributed by atoms with Crippen LogP contribution in [0.5, 0.6) is 5.75 Å². The Labute approximate surface area is 135 Å². The molecule has 0 radical (unpaired) electrons. The summed E-state index contributed by atoms with van der Waals surface area (Å²) in [6, 6.07) is 7.26. The van der Waals surface area contributed by atoms with Crippen molar-refractivity contribution in [2.45, 2.75) is 33.8 Å². The van der Waals surface area contributed by atoms with Crippen LogP contribution in [0.3, 0.4) is 0 Å². The third-order valence-corrected chi connectivity index (χ3v) is 2.91. The maximum atomic E-state index is 11.9.